The van der Waals surface area contributed by atoms with E-state index in [-0.39, 0.29) is 26.6 Å². The van der Waals surface area contributed by atoms with Gasteiger partial charge in [0.15, 0.2) is 0 Å². The molecule has 2 fully saturated rings. The van der Waals surface area contributed by atoms with Gasteiger partial charge in [-0.25, -0.2) is 4.79 Å². The smallest absolute Gasteiger partial charge is 0.410 e. The lowest BCUT2D eigenvalue weighted by Crippen LogP contribution is -2.61. The molecule has 0 spiro atoms. The molecule has 10 heteroatoms. The summed E-state index contributed by atoms with van der Waals surface area (Å²) in [5, 5.41) is 6.25. The molecular weight excluding hydrogens is 552 g/mol. The van der Waals surface area contributed by atoms with Crippen LogP contribution in [-0.4, -0.2) is 82.1 Å². The Morgan fingerprint density at radius 1 is 1.14 bits per heavy atom. The molecule has 240 valence electrons. The van der Waals surface area contributed by atoms with Crippen molar-refractivity contribution in [2.45, 2.75) is 129 Å². The van der Waals surface area contributed by atoms with Crippen molar-refractivity contribution in [2.24, 2.45) is 5.92 Å². The zero-order chi connectivity index (χ0) is 31.0. The predicted octanol–water partition coefficient (Wildman–Crippen LogP) is 5.65. The lowest BCUT2D eigenvalue weighted by Gasteiger charge is -2.39. The Balaban J connectivity index is 0.00000484. The van der Waals surface area contributed by atoms with Crippen LogP contribution in [0.15, 0.2) is 23.3 Å². The third-order valence-corrected chi connectivity index (χ3v) is 9.57. The van der Waals surface area contributed by atoms with E-state index in [1.807, 2.05) is 13.8 Å². The van der Waals surface area contributed by atoms with E-state index in [2.05, 4.69) is 22.8 Å². The number of carbonyl (C=O) groups is 4. The molecule has 5 atom stereocenters. The minimum atomic E-state index is -0.847. The van der Waals surface area contributed by atoms with Gasteiger partial charge in [0.05, 0.1) is 11.9 Å². The number of fused-ring (bicyclic) bond motifs is 2. The first-order valence-electron chi connectivity index (χ1n) is 15.6. The molecule has 9 nitrogen and oxygen atoms in total. The van der Waals surface area contributed by atoms with Gasteiger partial charge in [-0.05, 0) is 89.9 Å². The number of nitrogens with zero attached hydrogens (tertiary/aromatic N) is 2. The highest BCUT2D eigenvalue weighted by atomic mass is 32.2. The average Bonchev–Trinajstić information content (AvgIpc) is 3.21. The maximum absolute atomic E-state index is 14.1. The van der Waals surface area contributed by atoms with Crippen molar-refractivity contribution >= 4 is 35.6 Å². The van der Waals surface area contributed by atoms with Gasteiger partial charge in [0.1, 0.15) is 23.7 Å². The lowest BCUT2D eigenvalue weighted by atomic mass is 9.89. The van der Waals surface area contributed by atoms with E-state index in [1.54, 1.807) is 44.4 Å². The molecule has 1 saturated carbocycles. The van der Waals surface area contributed by atoms with Crippen molar-refractivity contribution in [3.05, 3.63) is 23.3 Å². The zero-order valence-electron chi connectivity index (χ0n) is 26.7. The molecule has 3 rings (SSSR count). The average molecular weight is 609 g/mol. The van der Waals surface area contributed by atoms with Crippen LogP contribution in [0.5, 0.6) is 0 Å². The summed E-state index contributed by atoms with van der Waals surface area (Å²) >= 11 is 1.62. The fraction of sp³-hybridized carbons (Fsp3) is 0.750. The minimum Gasteiger partial charge on any atom is -0.444 e. The molecule has 1 heterocycles. The lowest BCUT2D eigenvalue weighted by molar-refractivity contribution is -0.144. The Labute approximate surface area is 259 Å². The summed E-state index contributed by atoms with van der Waals surface area (Å²) in [4.78, 5) is 56.6. The molecule has 2 N–H and O–H groups in total. The molecule has 0 aromatic rings. The van der Waals surface area contributed by atoms with E-state index in [9.17, 15) is 19.2 Å². The molecule has 42 heavy (non-hydrogen) atoms. The first kappa shape index (κ1) is 34.0. The summed E-state index contributed by atoms with van der Waals surface area (Å²) < 4.78 is 5.41. The third-order valence-electron chi connectivity index (χ3n) is 8.59. The number of hydrogen-bond donors (Lipinski definition) is 2. The summed E-state index contributed by atoms with van der Waals surface area (Å²) in [6, 6.07) is -2.26. The maximum Gasteiger partial charge on any atom is 0.410 e. The second kappa shape index (κ2) is 15.3. The van der Waals surface area contributed by atoms with Crippen molar-refractivity contribution in [1.82, 2.24) is 20.4 Å². The van der Waals surface area contributed by atoms with E-state index in [0.29, 0.717) is 18.7 Å². The third kappa shape index (κ3) is 9.25. The highest BCUT2D eigenvalue weighted by Crippen LogP contribution is 2.30. The van der Waals surface area contributed by atoms with E-state index in [1.165, 1.54) is 23.1 Å². The molecular formula is C32H56N4O5S. The SMILES string of the molecule is CCC(C)[C@H](NC(=O)[C@H](C)N(C)C(=O)OC(C)(C)C)C(=O)N1CSCC[C@H]1C(=O)N[C@@H]1CCCCC2=CCCC=C1C2.[HH].[HH]. The number of nitrogens with one attached hydrogen (secondary N) is 2. The van der Waals surface area contributed by atoms with Crippen molar-refractivity contribution in [3.8, 4) is 0 Å². The fourth-order valence-electron chi connectivity index (χ4n) is 5.63. The Kier molecular flexibility index (Phi) is 12.4. The van der Waals surface area contributed by atoms with Gasteiger partial charge in [-0.2, -0.15) is 0 Å². The van der Waals surface area contributed by atoms with Crippen LogP contribution in [0.25, 0.3) is 0 Å². The van der Waals surface area contributed by atoms with Crippen LogP contribution in [-0.2, 0) is 19.1 Å². The predicted molar refractivity (Wildman–Crippen MR) is 172 cm³/mol. The number of likely N-dealkylation sites (N-methyl/N-ethyl adjacent to an activating group) is 1. The van der Waals surface area contributed by atoms with Crippen LogP contribution in [0.3, 0.4) is 0 Å². The molecule has 0 aromatic carbocycles. The first-order valence-corrected chi connectivity index (χ1v) is 16.8. The monoisotopic (exact) mass is 608 g/mol. The normalized spacial score (nSPS) is 23.5. The molecule has 0 radical (unpaired) electrons. The van der Waals surface area contributed by atoms with Gasteiger partial charge in [-0.15, -0.1) is 11.8 Å². The molecule has 4 amide bonds. The number of amides is 4. The minimum absolute atomic E-state index is 0. The van der Waals surface area contributed by atoms with Gasteiger partial charge in [-0.1, -0.05) is 44.4 Å². The zero-order valence-corrected chi connectivity index (χ0v) is 27.5. The Hall–Kier alpha value is -2.49. The van der Waals surface area contributed by atoms with Gasteiger partial charge in [0.2, 0.25) is 17.7 Å². The van der Waals surface area contributed by atoms with Crippen molar-refractivity contribution < 1.29 is 26.8 Å². The van der Waals surface area contributed by atoms with Gasteiger partial charge < -0.3 is 20.3 Å². The van der Waals surface area contributed by atoms with Crippen LogP contribution in [0.1, 0.15) is 102 Å². The summed E-state index contributed by atoms with van der Waals surface area (Å²) in [7, 11) is 1.51. The molecule has 1 unspecified atom stereocenters. The molecule has 1 saturated heterocycles. The van der Waals surface area contributed by atoms with Crippen molar-refractivity contribution in [1.29, 1.82) is 0 Å². The van der Waals surface area contributed by atoms with Crippen LogP contribution in [0.4, 0.5) is 4.79 Å². The van der Waals surface area contributed by atoms with Crippen molar-refractivity contribution in [3.63, 3.8) is 0 Å². The molecule has 3 aliphatic rings. The molecule has 1 aliphatic heterocycles. The standard InChI is InChI=1S/C32H52N4O5S.2H2/c1-8-21(2)27(34-28(37)22(3)35(7)31(40)41-32(4,5)6)30(39)36-20-42-18-17-26(36)29(38)33-25-16-12-10-14-23-13-9-11-15-24(25)19-23;;/h13,15,21-22,25-27H,8-12,14,16-20H2,1-7H3,(H,33,38)(H,34,37);2*1H/t21?,22-,25+,26-,27-;;/m0../s1. The second-order valence-corrected chi connectivity index (χ2v) is 14.1. The van der Waals surface area contributed by atoms with Gasteiger partial charge in [0, 0.05) is 9.90 Å². The summed E-state index contributed by atoms with van der Waals surface area (Å²) in [6.45, 7) is 10.8. The topological polar surface area (TPSA) is 108 Å². The number of ether oxygens (including phenoxy) is 1. The molecule has 2 bridgehead atoms. The second-order valence-electron chi connectivity index (χ2n) is 13.0. The fourth-order valence-corrected chi connectivity index (χ4v) is 6.66. The number of rotatable bonds is 8. The number of carbonyl (C=O) groups excluding carboxylic acids is 4. The van der Waals surface area contributed by atoms with E-state index in [4.69, 9.17) is 4.74 Å². The Morgan fingerprint density at radius 2 is 1.86 bits per heavy atom. The van der Waals surface area contributed by atoms with Crippen molar-refractivity contribution in [2.75, 3.05) is 18.7 Å². The largest absolute Gasteiger partial charge is 0.444 e. The van der Waals surface area contributed by atoms with E-state index in [0.717, 1.165) is 50.7 Å². The quantitative estimate of drug-likeness (QED) is 0.345. The molecule has 2 aliphatic carbocycles. The summed E-state index contributed by atoms with van der Waals surface area (Å²) in [5.41, 5.74) is 2.07. The maximum atomic E-state index is 14.1. The van der Waals surface area contributed by atoms with Gasteiger partial charge in [-0.3, -0.25) is 19.3 Å². The van der Waals surface area contributed by atoms with E-state index >= 15 is 0 Å². The first-order chi connectivity index (χ1) is 19.8. The van der Waals surface area contributed by atoms with Crippen LogP contribution < -0.4 is 10.6 Å². The summed E-state index contributed by atoms with van der Waals surface area (Å²) in [5.74, 6) is 0.216. The van der Waals surface area contributed by atoms with E-state index < -0.39 is 35.7 Å². The van der Waals surface area contributed by atoms with Crippen LogP contribution in [0, 0.1) is 5.92 Å². The van der Waals surface area contributed by atoms with Gasteiger partial charge in [0.25, 0.3) is 0 Å². The highest BCUT2D eigenvalue weighted by molar-refractivity contribution is 7.99. The van der Waals surface area contributed by atoms with Crippen LogP contribution in [0.2, 0.25) is 0 Å². The number of hydrogen-bond acceptors (Lipinski definition) is 6. The number of thioether (sulfide) groups is 1. The van der Waals surface area contributed by atoms with Crippen LogP contribution >= 0.6 is 11.8 Å². The Morgan fingerprint density at radius 3 is 2.55 bits per heavy atom. The Bertz CT molecular complexity index is 1060. The highest BCUT2D eigenvalue weighted by Gasteiger charge is 2.40. The van der Waals surface area contributed by atoms with Gasteiger partial charge >= 0.3 is 6.09 Å². The molecule has 0 aromatic heterocycles. The number of allylic oxidation sites excluding steroid dienone is 3. The summed E-state index contributed by atoms with van der Waals surface area (Å²) in [6.07, 6.45) is 12.5.